The fourth-order valence-electron chi connectivity index (χ4n) is 2.45. The molecule has 2 N–H and O–H groups in total. The molecule has 0 spiro atoms. The van der Waals surface area contributed by atoms with Crippen molar-refractivity contribution in [3.8, 4) is 0 Å². The monoisotopic (exact) mass is 410 g/mol. The number of benzene rings is 2. The van der Waals surface area contributed by atoms with E-state index in [4.69, 9.17) is 5.73 Å². The Kier molecular flexibility index (Phi) is 6.50. The summed E-state index contributed by atoms with van der Waals surface area (Å²) in [6.45, 7) is 2.76. The number of rotatable bonds is 7. The number of hydrogen-bond acceptors (Lipinski definition) is 4. The first kappa shape index (κ1) is 21.5. The molecule has 0 aliphatic carbocycles. The van der Waals surface area contributed by atoms with E-state index in [0.717, 1.165) is 35.2 Å². The van der Waals surface area contributed by atoms with Gasteiger partial charge in [0.1, 0.15) is 11.6 Å². The molecule has 6 nitrogen and oxygen atoms in total. The Hall–Kier alpha value is -2.81. The van der Waals surface area contributed by atoms with E-state index in [0.29, 0.717) is 0 Å². The van der Waals surface area contributed by atoms with E-state index < -0.39 is 44.1 Å². The summed E-state index contributed by atoms with van der Waals surface area (Å²) in [5.41, 5.74) is 4.87. The Labute approximate surface area is 161 Å². The zero-order valence-corrected chi connectivity index (χ0v) is 16.2. The van der Waals surface area contributed by atoms with Gasteiger partial charge in [0.05, 0.1) is 15.7 Å². The third-order valence-electron chi connectivity index (χ3n) is 4.08. The van der Waals surface area contributed by atoms with Crippen molar-refractivity contribution in [3.05, 3.63) is 59.7 Å². The average Bonchev–Trinajstić information content (AvgIpc) is 2.63. The summed E-state index contributed by atoms with van der Waals surface area (Å²) in [5, 5.41) is -0.760. The van der Waals surface area contributed by atoms with Crippen molar-refractivity contribution in [2.24, 2.45) is 5.73 Å². The van der Waals surface area contributed by atoms with E-state index >= 15 is 0 Å². The van der Waals surface area contributed by atoms with Crippen LogP contribution >= 0.6 is 0 Å². The van der Waals surface area contributed by atoms with Crippen LogP contribution in [-0.2, 0) is 14.6 Å². The van der Waals surface area contributed by atoms with Crippen LogP contribution in [0.1, 0.15) is 30.6 Å². The summed E-state index contributed by atoms with van der Waals surface area (Å²) in [4.78, 5) is 25.0. The van der Waals surface area contributed by atoms with E-state index in [2.05, 4.69) is 0 Å². The first-order valence-corrected chi connectivity index (χ1v) is 9.98. The maximum atomic E-state index is 14.4. The minimum atomic E-state index is -3.73. The smallest absolute Gasteiger partial charge is 0.261 e. The highest BCUT2D eigenvalue weighted by Gasteiger charge is 2.26. The lowest BCUT2D eigenvalue weighted by Gasteiger charge is -2.23. The predicted molar refractivity (Wildman–Crippen MR) is 101 cm³/mol. The topological polar surface area (TPSA) is 97.5 Å². The van der Waals surface area contributed by atoms with Crippen LogP contribution in [0.25, 0.3) is 0 Å². The molecule has 2 aromatic rings. The number of anilines is 1. The zero-order valence-electron chi connectivity index (χ0n) is 15.4. The van der Waals surface area contributed by atoms with Crippen LogP contribution in [0, 0.1) is 11.6 Å². The van der Waals surface area contributed by atoms with E-state index in [1.807, 2.05) is 0 Å². The van der Waals surface area contributed by atoms with Gasteiger partial charge in [0.15, 0.2) is 9.84 Å². The third kappa shape index (κ3) is 4.72. The molecular weight excluding hydrogens is 390 g/mol. The lowest BCUT2D eigenvalue weighted by atomic mass is 10.1. The number of halogens is 2. The predicted octanol–water partition coefficient (Wildman–Crippen LogP) is 2.67. The molecule has 0 bridgehead atoms. The van der Waals surface area contributed by atoms with Crippen molar-refractivity contribution in [2.75, 3.05) is 11.4 Å². The molecule has 0 unspecified atom stereocenters. The number of nitrogens with two attached hydrogens (primary N) is 1. The van der Waals surface area contributed by atoms with Gasteiger partial charge in [-0.25, -0.2) is 17.2 Å². The standard InChI is InChI=1S/C19H20F2N2O4S/c1-12(2)28(26,27)15-7-8-17(21)16(11-15)19(25)23(10-9-18(22)24)14-5-3-13(20)4-6-14/h3-8,11-12H,9-10H2,1-2H3,(H2,22,24). The molecule has 2 amide bonds. The Morgan fingerprint density at radius 2 is 1.68 bits per heavy atom. The third-order valence-corrected chi connectivity index (χ3v) is 6.23. The highest BCUT2D eigenvalue weighted by atomic mass is 32.2. The van der Waals surface area contributed by atoms with Crippen molar-refractivity contribution in [2.45, 2.75) is 30.4 Å². The SMILES string of the molecule is CC(C)S(=O)(=O)c1ccc(F)c(C(=O)N(CCC(N)=O)c2ccc(F)cc2)c1. The lowest BCUT2D eigenvalue weighted by molar-refractivity contribution is -0.117. The largest absolute Gasteiger partial charge is 0.370 e. The van der Waals surface area contributed by atoms with E-state index in [1.165, 1.54) is 26.0 Å². The second-order valence-electron chi connectivity index (χ2n) is 6.38. The minimum Gasteiger partial charge on any atom is -0.370 e. The van der Waals surface area contributed by atoms with Crippen molar-refractivity contribution in [1.82, 2.24) is 0 Å². The average molecular weight is 410 g/mol. The summed E-state index contributed by atoms with van der Waals surface area (Å²) < 4.78 is 52.3. The Bertz CT molecular complexity index is 989. The number of sulfone groups is 1. The number of hydrogen-bond donors (Lipinski definition) is 1. The van der Waals surface area contributed by atoms with E-state index in [9.17, 15) is 26.8 Å². The molecule has 0 atom stereocenters. The van der Waals surface area contributed by atoms with Gasteiger partial charge in [-0.2, -0.15) is 0 Å². The molecule has 2 rings (SSSR count). The van der Waals surface area contributed by atoms with Crippen molar-refractivity contribution < 1.29 is 26.8 Å². The molecule has 150 valence electrons. The zero-order chi connectivity index (χ0) is 21.1. The quantitative estimate of drug-likeness (QED) is 0.710. The van der Waals surface area contributed by atoms with Crippen LogP contribution in [0.3, 0.4) is 0 Å². The summed E-state index contributed by atoms with van der Waals surface area (Å²) in [6, 6.07) is 7.76. The van der Waals surface area contributed by atoms with Crippen LogP contribution in [0.2, 0.25) is 0 Å². The number of amides is 2. The molecule has 0 fully saturated rings. The Morgan fingerprint density at radius 3 is 2.21 bits per heavy atom. The maximum absolute atomic E-state index is 14.4. The molecule has 0 aromatic heterocycles. The van der Waals surface area contributed by atoms with Crippen LogP contribution < -0.4 is 10.6 Å². The van der Waals surface area contributed by atoms with Gasteiger partial charge in [0, 0.05) is 18.7 Å². The Morgan fingerprint density at radius 1 is 1.07 bits per heavy atom. The molecule has 2 aromatic carbocycles. The molecule has 0 heterocycles. The molecule has 28 heavy (non-hydrogen) atoms. The Balaban J connectivity index is 2.51. The second kappa shape index (κ2) is 8.47. The first-order chi connectivity index (χ1) is 13.0. The van der Waals surface area contributed by atoms with Gasteiger partial charge < -0.3 is 10.6 Å². The first-order valence-electron chi connectivity index (χ1n) is 8.43. The fourth-order valence-corrected chi connectivity index (χ4v) is 3.54. The van der Waals surface area contributed by atoms with Crippen LogP contribution in [0.5, 0.6) is 0 Å². The molecule has 0 radical (unpaired) electrons. The molecule has 0 aliphatic rings. The van der Waals surface area contributed by atoms with Gasteiger partial charge in [-0.05, 0) is 56.3 Å². The number of nitrogens with zero attached hydrogens (tertiary/aromatic N) is 1. The van der Waals surface area contributed by atoms with Gasteiger partial charge in [-0.3, -0.25) is 9.59 Å². The normalized spacial score (nSPS) is 11.5. The van der Waals surface area contributed by atoms with E-state index in [-0.39, 0.29) is 23.5 Å². The number of carbonyl (C=O) groups excluding carboxylic acids is 2. The summed E-state index contributed by atoms with van der Waals surface area (Å²) >= 11 is 0. The number of primary amides is 1. The summed E-state index contributed by atoms with van der Waals surface area (Å²) in [7, 11) is -3.73. The maximum Gasteiger partial charge on any atom is 0.261 e. The second-order valence-corrected chi connectivity index (χ2v) is 8.89. The lowest BCUT2D eigenvalue weighted by Crippen LogP contribution is -2.34. The fraction of sp³-hybridized carbons (Fsp3) is 0.263. The van der Waals surface area contributed by atoms with Crippen LogP contribution in [0.15, 0.2) is 47.4 Å². The van der Waals surface area contributed by atoms with Gasteiger partial charge in [-0.1, -0.05) is 0 Å². The minimum absolute atomic E-state index is 0.180. The number of carbonyl (C=O) groups is 2. The highest BCUT2D eigenvalue weighted by molar-refractivity contribution is 7.92. The van der Waals surface area contributed by atoms with Crippen molar-refractivity contribution in [1.29, 1.82) is 0 Å². The van der Waals surface area contributed by atoms with E-state index in [1.54, 1.807) is 0 Å². The van der Waals surface area contributed by atoms with Crippen molar-refractivity contribution >= 4 is 27.3 Å². The van der Waals surface area contributed by atoms with Crippen LogP contribution in [-0.4, -0.2) is 32.0 Å². The highest BCUT2D eigenvalue weighted by Crippen LogP contribution is 2.23. The molecule has 0 saturated heterocycles. The van der Waals surface area contributed by atoms with Crippen LogP contribution in [0.4, 0.5) is 14.5 Å². The summed E-state index contributed by atoms with van der Waals surface area (Å²) in [6.07, 6.45) is -0.214. The van der Waals surface area contributed by atoms with Gasteiger partial charge in [0.25, 0.3) is 5.91 Å². The molecule has 9 heteroatoms. The molecule has 0 saturated carbocycles. The van der Waals surface area contributed by atoms with Gasteiger partial charge >= 0.3 is 0 Å². The van der Waals surface area contributed by atoms with Crippen molar-refractivity contribution in [3.63, 3.8) is 0 Å². The van der Waals surface area contributed by atoms with Gasteiger partial charge in [0.2, 0.25) is 5.91 Å². The molecular formula is C19H20F2N2O4S. The molecule has 0 aliphatic heterocycles. The van der Waals surface area contributed by atoms with Gasteiger partial charge in [-0.15, -0.1) is 0 Å². The summed E-state index contributed by atoms with van der Waals surface area (Å²) in [5.74, 6) is -3.01.